The topological polar surface area (TPSA) is 0 Å². The lowest BCUT2D eigenvalue weighted by Gasteiger charge is -2.35. The lowest BCUT2D eigenvalue weighted by molar-refractivity contribution is -0.910. The van der Waals surface area contributed by atoms with Crippen LogP contribution >= 0.6 is 0 Å². The van der Waals surface area contributed by atoms with Gasteiger partial charge in [0.05, 0.1) is 26.7 Å². The normalized spacial score (nSPS) is 13.1. The lowest BCUT2D eigenvalue weighted by atomic mass is 10.1. The van der Waals surface area contributed by atoms with Gasteiger partial charge < -0.3 is 16.9 Å². The van der Waals surface area contributed by atoms with Crippen LogP contribution in [0.1, 0.15) is 168 Å². The molecule has 0 heterocycles. The van der Waals surface area contributed by atoms with Gasteiger partial charge in [0.1, 0.15) is 0 Å². The molecule has 0 rings (SSSR count). The van der Waals surface area contributed by atoms with Crippen LogP contribution in [-0.2, 0) is 0 Å². The average Bonchev–Trinajstić information content (AvgIpc) is 2.77. The molecule has 1 nitrogen and oxygen atoms in total. The molecular formula is C30H64ClN. The first-order valence-corrected chi connectivity index (χ1v) is 15.0. The Morgan fingerprint density at radius 1 is 0.312 bits per heavy atom. The number of unbranched alkanes of at least 4 members (excludes halogenated alkanes) is 20. The molecule has 0 aromatic rings. The summed E-state index contributed by atoms with van der Waals surface area (Å²) in [6, 6.07) is 0. The molecule has 0 saturated carbocycles. The van der Waals surface area contributed by atoms with E-state index < -0.39 is 0 Å². The zero-order valence-electron chi connectivity index (χ0n) is 23.2. The van der Waals surface area contributed by atoms with Crippen LogP contribution in [0.2, 0.25) is 0 Å². The van der Waals surface area contributed by atoms with Gasteiger partial charge in [0.15, 0.2) is 0 Å². The summed E-state index contributed by atoms with van der Waals surface area (Å²) in [7, 11) is 2.58. The van der Waals surface area contributed by atoms with Crippen LogP contribution in [0.4, 0.5) is 0 Å². The van der Waals surface area contributed by atoms with Crippen LogP contribution in [0.5, 0.6) is 0 Å². The smallest absolute Gasteiger partial charge is 0.0784 e. The van der Waals surface area contributed by atoms with Gasteiger partial charge in [0.25, 0.3) is 0 Å². The van der Waals surface area contributed by atoms with Gasteiger partial charge in [-0.3, -0.25) is 0 Å². The molecule has 0 saturated heterocycles. The van der Waals surface area contributed by atoms with E-state index in [-0.39, 0.29) is 12.4 Å². The average molecular weight is 474 g/mol. The van der Waals surface area contributed by atoms with Crippen molar-refractivity contribution in [3.8, 4) is 0 Å². The molecule has 0 aromatic heterocycles. The number of hydrogen-bond donors (Lipinski definition) is 0. The molecule has 0 fully saturated rings. The van der Waals surface area contributed by atoms with Crippen molar-refractivity contribution in [2.75, 3.05) is 26.7 Å². The molecule has 1 unspecified atom stereocenters. The minimum atomic E-state index is 0. The first kappa shape index (κ1) is 34.4. The molecule has 0 spiro atoms. The highest BCUT2D eigenvalue weighted by Crippen LogP contribution is 2.17. The van der Waals surface area contributed by atoms with E-state index in [1.54, 1.807) is 0 Å². The summed E-state index contributed by atoms with van der Waals surface area (Å²) < 4.78 is 1.36. The van der Waals surface area contributed by atoms with Gasteiger partial charge in [-0.15, -0.1) is 0 Å². The third-order valence-corrected chi connectivity index (χ3v) is 7.40. The highest BCUT2D eigenvalue weighted by atomic mass is 35.5. The highest BCUT2D eigenvalue weighted by Gasteiger charge is 2.20. The van der Waals surface area contributed by atoms with Crippen molar-refractivity contribution in [3.05, 3.63) is 0 Å². The quantitative estimate of drug-likeness (QED) is 0.0902. The van der Waals surface area contributed by atoms with Crippen molar-refractivity contribution < 1.29 is 16.9 Å². The molecule has 0 aliphatic heterocycles. The Balaban J connectivity index is 0. The maximum absolute atomic E-state index is 2.58. The number of hydrogen-bond acceptors (Lipinski definition) is 0. The molecule has 32 heavy (non-hydrogen) atoms. The zero-order valence-corrected chi connectivity index (χ0v) is 24.0. The second-order valence-corrected chi connectivity index (χ2v) is 10.9. The summed E-state index contributed by atoms with van der Waals surface area (Å²) in [5, 5.41) is 0. The van der Waals surface area contributed by atoms with Crippen molar-refractivity contribution in [1.29, 1.82) is 0 Å². The first-order valence-electron chi connectivity index (χ1n) is 15.0. The largest absolute Gasteiger partial charge is 1.00 e. The van der Waals surface area contributed by atoms with Gasteiger partial charge in [-0.1, -0.05) is 130 Å². The molecule has 0 bridgehead atoms. The van der Waals surface area contributed by atoms with E-state index >= 15 is 0 Å². The summed E-state index contributed by atoms with van der Waals surface area (Å²) >= 11 is 0. The number of quaternary nitrogens is 1. The molecule has 0 amide bonds. The second kappa shape index (κ2) is 27.5. The summed E-state index contributed by atoms with van der Waals surface area (Å²) in [4.78, 5) is 0. The predicted octanol–water partition coefficient (Wildman–Crippen LogP) is 7.47. The van der Waals surface area contributed by atoms with Gasteiger partial charge in [0, 0.05) is 0 Å². The number of rotatable bonds is 26. The summed E-state index contributed by atoms with van der Waals surface area (Å²) in [5.74, 6) is 0. The number of nitrogens with zero attached hydrogens (tertiary/aromatic N) is 1. The lowest BCUT2D eigenvalue weighted by Crippen LogP contribution is -3.00. The van der Waals surface area contributed by atoms with Crippen LogP contribution in [0.3, 0.4) is 0 Å². The Labute approximate surface area is 211 Å². The van der Waals surface area contributed by atoms with Crippen molar-refractivity contribution in [1.82, 2.24) is 0 Å². The van der Waals surface area contributed by atoms with E-state index in [0.717, 1.165) is 0 Å². The fourth-order valence-electron chi connectivity index (χ4n) is 5.04. The van der Waals surface area contributed by atoms with Gasteiger partial charge in [-0.05, 0) is 38.5 Å². The monoisotopic (exact) mass is 473 g/mol. The van der Waals surface area contributed by atoms with Gasteiger partial charge in [0.2, 0.25) is 0 Å². The zero-order chi connectivity index (χ0) is 22.9. The maximum Gasteiger partial charge on any atom is 0.0784 e. The predicted molar refractivity (Wildman–Crippen MR) is 144 cm³/mol. The van der Waals surface area contributed by atoms with Crippen LogP contribution in [0.15, 0.2) is 0 Å². The van der Waals surface area contributed by atoms with Crippen LogP contribution in [0, 0.1) is 0 Å². The highest BCUT2D eigenvalue weighted by molar-refractivity contribution is 4.52. The van der Waals surface area contributed by atoms with E-state index in [0.29, 0.717) is 0 Å². The third kappa shape index (κ3) is 24.9. The molecule has 0 aliphatic rings. The molecule has 0 aliphatic carbocycles. The fourth-order valence-corrected chi connectivity index (χ4v) is 5.04. The SMILES string of the molecule is CCCCCCCCCCCC[N+](C)(CCCCCCCC)CCCCCCCCC.[Cl-]. The van der Waals surface area contributed by atoms with Gasteiger partial charge >= 0.3 is 0 Å². The molecule has 0 aromatic carbocycles. The third-order valence-electron chi connectivity index (χ3n) is 7.40. The van der Waals surface area contributed by atoms with Crippen molar-refractivity contribution in [2.24, 2.45) is 0 Å². The van der Waals surface area contributed by atoms with Crippen molar-refractivity contribution in [2.45, 2.75) is 168 Å². The van der Waals surface area contributed by atoms with E-state index in [1.165, 1.54) is 172 Å². The van der Waals surface area contributed by atoms with E-state index in [9.17, 15) is 0 Å². The Hall–Kier alpha value is 0.250. The van der Waals surface area contributed by atoms with Crippen LogP contribution < -0.4 is 12.4 Å². The standard InChI is InChI=1S/C30H64N.ClH/c1-5-8-11-14-17-18-19-21-24-27-30-31(4,28-25-22-16-13-10-7-3)29-26-23-20-15-12-9-6-2;/h5-30H2,1-4H3;1H/q+1;/p-1. The maximum atomic E-state index is 2.58. The molecule has 2 heteroatoms. The summed E-state index contributed by atoms with van der Waals surface area (Å²) in [6.45, 7) is 11.2. The minimum Gasteiger partial charge on any atom is -1.00 e. The summed E-state index contributed by atoms with van der Waals surface area (Å²) in [6.07, 6.45) is 33.3. The molecule has 1 atom stereocenters. The van der Waals surface area contributed by atoms with Crippen molar-refractivity contribution in [3.63, 3.8) is 0 Å². The molecular weight excluding hydrogens is 410 g/mol. The number of halogens is 1. The first-order chi connectivity index (χ1) is 15.2. The van der Waals surface area contributed by atoms with E-state index in [2.05, 4.69) is 27.8 Å². The van der Waals surface area contributed by atoms with E-state index in [4.69, 9.17) is 0 Å². The van der Waals surface area contributed by atoms with Crippen LogP contribution in [-0.4, -0.2) is 31.2 Å². The Bertz CT molecular complexity index is 333. The Kier molecular flexibility index (Phi) is 29.6. The molecule has 0 N–H and O–H groups in total. The fraction of sp³-hybridized carbons (Fsp3) is 1.00. The van der Waals surface area contributed by atoms with Crippen LogP contribution in [0.25, 0.3) is 0 Å². The summed E-state index contributed by atoms with van der Waals surface area (Å²) in [5.41, 5.74) is 0. The molecule has 0 radical (unpaired) electrons. The van der Waals surface area contributed by atoms with E-state index in [1.807, 2.05) is 0 Å². The minimum absolute atomic E-state index is 0. The van der Waals surface area contributed by atoms with Gasteiger partial charge in [-0.2, -0.15) is 0 Å². The molecule has 196 valence electrons. The van der Waals surface area contributed by atoms with Gasteiger partial charge in [-0.25, -0.2) is 0 Å². The Morgan fingerprint density at radius 2 is 0.500 bits per heavy atom. The Morgan fingerprint density at radius 3 is 0.719 bits per heavy atom. The van der Waals surface area contributed by atoms with Crippen molar-refractivity contribution >= 4 is 0 Å². The second-order valence-electron chi connectivity index (χ2n) is 10.9.